The highest BCUT2D eigenvalue weighted by atomic mass is 15.0. The van der Waals surface area contributed by atoms with E-state index in [1.54, 1.807) is 0 Å². The normalized spacial score (nSPS) is 12.7. The smallest absolute Gasteiger partial charge is 0.165 e. The molecule has 4 heteroatoms. The lowest BCUT2D eigenvalue weighted by molar-refractivity contribution is 0.794. The first-order valence-electron chi connectivity index (χ1n) is 20.7. The maximum Gasteiger partial charge on any atom is 0.165 e. The van der Waals surface area contributed by atoms with Gasteiger partial charge in [0.2, 0.25) is 0 Å². The summed E-state index contributed by atoms with van der Waals surface area (Å²) < 4.78 is 0. The highest BCUT2D eigenvalue weighted by Gasteiger charge is 2.51. The second kappa shape index (κ2) is 14.0. The molecule has 0 bridgehead atoms. The van der Waals surface area contributed by atoms with E-state index >= 15 is 0 Å². The number of hydrogen-bond donors (Lipinski definition) is 0. The molecule has 10 aromatic rings. The Balaban J connectivity index is 0.875. The first-order valence-corrected chi connectivity index (χ1v) is 20.7. The predicted molar refractivity (Wildman–Crippen MR) is 247 cm³/mol. The van der Waals surface area contributed by atoms with Crippen molar-refractivity contribution < 1.29 is 0 Å². The molecule has 0 radical (unpaired) electrons. The van der Waals surface area contributed by atoms with E-state index in [0.717, 1.165) is 39.1 Å². The van der Waals surface area contributed by atoms with Crippen LogP contribution in [0.3, 0.4) is 0 Å². The summed E-state index contributed by atoms with van der Waals surface area (Å²) in [5.74, 6) is 1.82. The van der Waals surface area contributed by atoms with E-state index in [1.165, 1.54) is 55.6 Å². The molecule has 4 nitrogen and oxygen atoms in total. The lowest BCUT2D eigenvalue weighted by atomic mass is 9.70. The molecule has 0 fully saturated rings. The minimum Gasteiger partial charge on any atom is -0.255 e. The Kier molecular flexibility index (Phi) is 8.04. The molecule has 0 amide bonds. The van der Waals surface area contributed by atoms with Crippen LogP contribution in [0.1, 0.15) is 22.3 Å². The summed E-state index contributed by atoms with van der Waals surface area (Å²) in [6.45, 7) is 0. The average molecular weight is 777 g/mol. The van der Waals surface area contributed by atoms with Gasteiger partial charge in [-0.1, -0.05) is 194 Å². The molecule has 0 atom stereocenters. The summed E-state index contributed by atoms with van der Waals surface area (Å²) in [6, 6.07) is 75.7. The maximum absolute atomic E-state index is 4.98. The summed E-state index contributed by atoms with van der Waals surface area (Å²) >= 11 is 0. The standard InChI is InChI=1S/C57H36N4/c1-3-13-40(14-4-1)53-34-32-44(36-58-53)56-60-54(41-15-5-2-6-16-41)59-55(61-56)42-29-27-38(28-30-42)37-23-25-39(26-24-37)43-31-33-48-47-19-9-12-22-51(47)57(52(48)35-43)49-20-10-7-17-45(49)46-18-8-11-21-50(46)57/h1-36H. The Morgan fingerprint density at radius 3 is 1.15 bits per heavy atom. The molecule has 8 aromatic carbocycles. The van der Waals surface area contributed by atoms with Crippen molar-refractivity contribution in [1.29, 1.82) is 0 Å². The van der Waals surface area contributed by atoms with Crippen LogP contribution < -0.4 is 0 Å². The van der Waals surface area contributed by atoms with E-state index in [1.807, 2.05) is 66.9 Å². The van der Waals surface area contributed by atoms with Crippen LogP contribution in [0, 0.1) is 0 Å². The van der Waals surface area contributed by atoms with Crippen LogP contribution in [-0.2, 0) is 5.41 Å². The van der Waals surface area contributed by atoms with Crippen LogP contribution in [0.2, 0.25) is 0 Å². The van der Waals surface area contributed by atoms with Crippen molar-refractivity contribution in [3.05, 3.63) is 241 Å². The Labute approximate surface area is 354 Å². The van der Waals surface area contributed by atoms with Gasteiger partial charge in [0.1, 0.15) is 0 Å². The number of fused-ring (bicyclic) bond motifs is 10. The molecule has 0 N–H and O–H groups in total. The zero-order chi connectivity index (χ0) is 40.3. The molecule has 284 valence electrons. The van der Waals surface area contributed by atoms with Crippen LogP contribution in [0.15, 0.2) is 219 Å². The second-order valence-electron chi connectivity index (χ2n) is 15.8. The highest BCUT2D eigenvalue weighted by Crippen LogP contribution is 2.63. The Morgan fingerprint density at radius 2 is 0.639 bits per heavy atom. The molecule has 1 spiro atoms. The maximum atomic E-state index is 4.98. The molecule has 2 aliphatic carbocycles. The molecular formula is C57H36N4. The lowest BCUT2D eigenvalue weighted by Crippen LogP contribution is -2.25. The van der Waals surface area contributed by atoms with Crippen molar-refractivity contribution >= 4 is 0 Å². The predicted octanol–water partition coefficient (Wildman–Crippen LogP) is 13.6. The fraction of sp³-hybridized carbons (Fsp3) is 0.0175. The first kappa shape index (κ1) is 34.9. The van der Waals surface area contributed by atoms with Gasteiger partial charge in [0.15, 0.2) is 17.5 Å². The Morgan fingerprint density at radius 1 is 0.262 bits per heavy atom. The largest absolute Gasteiger partial charge is 0.255 e. The van der Waals surface area contributed by atoms with Crippen molar-refractivity contribution in [2.45, 2.75) is 5.41 Å². The number of rotatable bonds is 6. The minimum absolute atomic E-state index is 0.359. The number of hydrogen-bond acceptors (Lipinski definition) is 4. The molecule has 61 heavy (non-hydrogen) atoms. The molecule has 0 saturated heterocycles. The van der Waals surface area contributed by atoms with E-state index in [4.69, 9.17) is 19.9 Å². The van der Waals surface area contributed by atoms with Crippen molar-refractivity contribution in [1.82, 2.24) is 19.9 Å². The van der Waals surface area contributed by atoms with Gasteiger partial charge in [0.05, 0.1) is 11.1 Å². The van der Waals surface area contributed by atoms with Crippen molar-refractivity contribution in [2.24, 2.45) is 0 Å². The topological polar surface area (TPSA) is 51.6 Å². The second-order valence-corrected chi connectivity index (χ2v) is 15.8. The molecule has 0 unspecified atom stereocenters. The SMILES string of the molecule is c1ccc(-c2ccc(-c3nc(-c4ccccc4)nc(-c4ccc(-c5ccc(-c6ccc7c(c6)C6(c8ccccc8-c8ccccc86)c6ccccc6-7)cc5)cc4)n3)cn2)cc1. The van der Waals surface area contributed by atoms with E-state index in [-0.39, 0.29) is 5.41 Å². The average Bonchev–Trinajstić information content (AvgIpc) is 3.82. The lowest BCUT2D eigenvalue weighted by Gasteiger charge is -2.30. The van der Waals surface area contributed by atoms with Gasteiger partial charge in [-0.25, -0.2) is 15.0 Å². The first-order chi connectivity index (χ1) is 30.2. The van der Waals surface area contributed by atoms with Gasteiger partial charge in [-0.15, -0.1) is 0 Å². The van der Waals surface area contributed by atoms with Crippen molar-refractivity contribution in [3.63, 3.8) is 0 Å². The van der Waals surface area contributed by atoms with E-state index in [2.05, 4.69) is 152 Å². The van der Waals surface area contributed by atoms with Gasteiger partial charge < -0.3 is 0 Å². The quantitative estimate of drug-likeness (QED) is 0.169. The third-order valence-corrected chi connectivity index (χ3v) is 12.5. The zero-order valence-corrected chi connectivity index (χ0v) is 33.1. The zero-order valence-electron chi connectivity index (χ0n) is 33.1. The Hall–Kier alpha value is -8.08. The summed E-state index contributed by atoms with van der Waals surface area (Å²) in [4.78, 5) is 19.6. The molecule has 12 rings (SSSR count). The van der Waals surface area contributed by atoms with Crippen LogP contribution >= 0.6 is 0 Å². The van der Waals surface area contributed by atoms with Crippen molar-refractivity contribution in [2.75, 3.05) is 0 Å². The van der Waals surface area contributed by atoms with E-state index < -0.39 is 0 Å². The van der Waals surface area contributed by atoms with Gasteiger partial charge in [-0.3, -0.25) is 4.98 Å². The van der Waals surface area contributed by atoms with Gasteiger partial charge >= 0.3 is 0 Å². The van der Waals surface area contributed by atoms with Crippen LogP contribution in [0.25, 0.3) is 89.9 Å². The minimum atomic E-state index is -0.359. The highest BCUT2D eigenvalue weighted by molar-refractivity contribution is 5.96. The summed E-state index contributed by atoms with van der Waals surface area (Å²) in [5, 5.41) is 0. The van der Waals surface area contributed by atoms with Crippen LogP contribution in [0.5, 0.6) is 0 Å². The van der Waals surface area contributed by atoms with Crippen molar-refractivity contribution in [3.8, 4) is 89.9 Å². The molecule has 2 aliphatic rings. The van der Waals surface area contributed by atoms with Crippen LogP contribution in [0.4, 0.5) is 0 Å². The third-order valence-electron chi connectivity index (χ3n) is 12.5. The number of nitrogens with zero attached hydrogens (tertiary/aromatic N) is 4. The van der Waals surface area contributed by atoms with Crippen LogP contribution in [-0.4, -0.2) is 19.9 Å². The molecule has 0 aliphatic heterocycles. The van der Waals surface area contributed by atoms with Gasteiger partial charge in [0, 0.05) is 28.5 Å². The third kappa shape index (κ3) is 5.61. The Bertz CT molecular complexity index is 3200. The molecule has 2 heterocycles. The molecule has 0 saturated carbocycles. The monoisotopic (exact) mass is 776 g/mol. The number of benzene rings is 8. The fourth-order valence-electron chi connectivity index (χ4n) is 9.60. The van der Waals surface area contributed by atoms with Gasteiger partial charge in [-0.2, -0.15) is 0 Å². The number of aromatic nitrogens is 4. The van der Waals surface area contributed by atoms with Gasteiger partial charge in [-0.05, 0) is 85.0 Å². The number of pyridine rings is 1. The fourth-order valence-corrected chi connectivity index (χ4v) is 9.60. The van der Waals surface area contributed by atoms with E-state index in [9.17, 15) is 0 Å². The summed E-state index contributed by atoms with van der Waals surface area (Å²) in [6.07, 6.45) is 1.84. The summed E-state index contributed by atoms with van der Waals surface area (Å²) in [7, 11) is 0. The molecular weight excluding hydrogens is 741 g/mol. The molecule has 2 aromatic heterocycles. The summed E-state index contributed by atoms with van der Waals surface area (Å²) in [5.41, 5.74) is 19.6. The van der Waals surface area contributed by atoms with Gasteiger partial charge in [0.25, 0.3) is 0 Å². The van der Waals surface area contributed by atoms with E-state index in [0.29, 0.717) is 17.5 Å².